The number of hydrogen-bond donors (Lipinski definition) is 2. The van der Waals surface area contributed by atoms with E-state index in [0.717, 1.165) is 45.0 Å². The van der Waals surface area contributed by atoms with Gasteiger partial charge in [-0.25, -0.2) is 18.5 Å². The molecule has 1 aliphatic heterocycles. The third-order valence-electron chi connectivity index (χ3n) is 5.18. The van der Waals surface area contributed by atoms with Crippen LogP contribution in [0.3, 0.4) is 0 Å². The average molecular weight is 421 g/mol. The normalized spacial score (nSPS) is 16.6. The van der Waals surface area contributed by atoms with Crippen LogP contribution in [0.2, 0.25) is 0 Å². The van der Waals surface area contributed by atoms with Gasteiger partial charge in [0.05, 0.1) is 13.2 Å². The van der Waals surface area contributed by atoms with E-state index in [1.165, 1.54) is 19.2 Å². The molecule has 9 heteroatoms. The van der Waals surface area contributed by atoms with Crippen molar-refractivity contribution in [2.45, 2.75) is 23.8 Å². The van der Waals surface area contributed by atoms with Gasteiger partial charge in [-0.1, -0.05) is 12.1 Å². The first-order valence-electron chi connectivity index (χ1n) is 9.65. The number of ether oxygens (including phenoxy) is 1. The van der Waals surface area contributed by atoms with Crippen molar-refractivity contribution in [2.24, 2.45) is 5.14 Å². The molecule has 1 fully saturated rings. The first-order valence-corrected chi connectivity index (χ1v) is 11.2. The van der Waals surface area contributed by atoms with E-state index in [1.807, 2.05) is 24.4 Å². The molecule has 0 aliphatic carbocycles. The maximum Gasteiger partial charge on any atom is 0.241 e. The van der Waals surface area contributed by atoms with Crippen molar-refractivity contribution in [2.75, 3.05) is 44.7 Å². The Morgan fingerprint density at radius 3 is 2.59 bits per heavy atom. The Kier molecular flexibility index (Phi) is 7.07. The third kappa shape index (κ3) is 5.66. The van der Waals surface area contributed by atoms with Gasteiger partial charge in [-0.15, -0.1) is 0 Å². The van der Waals surface area contributed by atoms with Crippen LogP contribution in [-0.4, -0.2) is 63.2 Å². The number of sulfonamides is 1. The van der Waals surface area contributed by atoms with Crippen LogP contribution in [-0.2, 0) is 10.0 Å². The summed E-state index contributed by atoms with van der Waals surface area (Å²) in [6, 6.07) is 10.5. The van der Waals surface area contributed by atoms with Crippen molar-refractivity contribution in [3.05, 3.63) is 48.2 Å². The number of aliphatic hydroxyl groups excluding tert-OH is 1. The number of nitrogens with two attached hydrogens (primary N) is 1. The number of anilines is 1. The second-order valence-electron chi connectivity index (χ2n) is 7.13. The van der Waals surface area contributed by atoms with Crippen LogP contribution in [0, 0.1) is 0 Å². The first-order chi connectivity index (χ1) is 13.9. The summed E-state index contributed by atoms with van der Waals surface area (Å²) in [7, 11) is -2.54. The Balaban J connectivity index is 1.49. The standard InChI is InChI=1S/C20H28N4O4S/c1-28-18-8-7-16(15-19(18)29(21,26)27)17(25)5-4-10-23-11-13-24(14-12-23)20-6-2-3-9-22-20/h2-3,6-9,15,17,25H,4-5,10-14H2,1H3,(H2,21,26,27). The van der Waals surface area contributed by atoms with Gasteiger partial charge in [0.1, 0.15) is 16.5 Å². The molecule has 1 aliphatic rings. The molecule has 158 valence electrons. The Bertz CT molecular complexity index is 900. The molecule has 0 spiro atoms. The second-order valence-corrected chi connectivity index (χ2v) is 8.66. The lowest BCUT2D eigenvalue weighted by Gasteiger charge is -2.35. The van der Waals surface area contributed by atoms with Crippen LogP contribution < -0.4 is 14.8 Å². The van der Waals surface area contributed by atoms with Gasteiger partial charge in [-0.05, 0) is 49.2 Å². The molecule has 0 saturated carbocycles. The second kappa shape index (κ2) is 9.53. The number of piperazine rings is 1. The zero-order chi connectivity index (χ0) is 20.9. The number of rotatable bonds is 8. The minimum atomic E-state index is -3.92. The Labute approximate surface area is 172 Å². The number of aromatic nitrogens is 1. The van der Waals surface area contributed by atoms with Gasteiger partial charge in [-0.3, -0.25) is 4.90 Å². The minimum Gasteiger partial charge on any atom is -0.495 e. The monoisotopic (exact) mass is 420 g/mol. The summed E-state index contributed by atoms with van der Waals surface area (Å²) in [6.07, 6.45) is 2.40. The molecule has 3 N–H and O–H groups in total. The van der Waals surface area contributed by atoms with Crippen molar-refractivity contribution in [3.63, 3.8) is 0 Å². The highest BCUT2D eigenvalue weighted by molar-refractivity contribution is 7.89. The molecule has 0 amide bonds. The highest BCUT2D eigenvalue weighted by Crippen LogP contribution is 2.28. The van der Waals surface area contributed by atoms with Crippen LogP contribution in [0.25, 0.3) is 0 Å². The van der Waals surface area contributed by atoms with E-state index in [1.54, 1.807) is 6.07 Å². The van der Waals surface area contributed by atoms with E-state index >= 15 is 0 Å². The summed E-state index contributed by atoms with van der Waals surface area (Å²) in [5.74, 6) is 1.18. The number of nitrogens with zero attached hydrogens (tertiary/aromatic N) is 3. The summed E-state index contributed by atoms with van der Waals surface area (Å²) in [4.78, 5) is 8.93. The smallest absolute Gasteiger partial charge is 0.241 e. The number of hydrogen-bond acceptors (Lipinski definition) is 7. The van der Waals surface area contributed by atoms with E-state index in [4.69, 9.17) is 9.88 Å². The predicted molar refractivity (Wildman–Crippen MR) is 111 cm³/mol. The fraction of sp³-hybridized carbons (Fsp3) is 0.450. The maximum absolute atomic E-state index is 11.7. The largest absolute Gasteiger partial charge is 0.495 e. The van der Waals surface area contributed by atoms with Crippen molar-refractivity contribution >= 4 is 15.8 Å². The van der Waals surface area contributed by atoms with Crippen LogP contribution in [0.15, 0.2) is 47.5 Å². The molecule has 0 bridgehead atoms. The zero-order valence-electron chi connectivity index (χ0n) is 16.6. The Morgan fingerprint density at radius 2 is 1.97 bits per heavy atom. The van der Waals surface area contributed by atoms with Gasteiger partial charge in [0.15, 0.2) is 0 Å². The average Bonchev–Trinajstić information content (AvgIpc) is 2.73. The molecular weight excluding hydrogens is 392 g/mol. The van der Waals surface area contributed by atoms with Crippen molar-refractivity contribution in [3.8, 4) is 5.75 Å². The van der Waals surface area contributed by atoms with E-state index in [-0.39, 0.29) is 10.6 Å². The SMILES string of the molecule is COc1ccc(C(O)CCCN2CCN(c3ccccn3)CC2)cc1S(N)(=O)=O. The fourth-order valence-electron chi connectivity index (χ4n) is 3.54. The van der Waals surface area contributed by atoms with Gasteiger partial charge >= 0.3 is 0 Å². The van der Waals surface area contributed by atoms with Crippen molar-refractivity contribution < 1.29 is 18.3 Å². The molecule has 1 unspecified atom stereocenters. The predicted octanol–water partition coefficient (Wildman–Crippen LogP) is 1.37. The number of aliphatic hydroxyl groups is 1. The Morgan fingerprint density at radius 1 is 1.21 bits per heavy atom. The molecule has 3 rings (SSSR count). The van der Waals surface area contributed by atoms with Gasteiger partial charge in [0.2, 0.25) is 10.0 Å². The van der Waals surface area contributed by atoms with Gasteiger partial charge in [-0.2, -0.15) is 0 Å². The van der Waals surface area contributed by atoms with Crippen LogP contribution >= 0.6 is 0 Å². The zero-order valence-corrected chi connectivity index (χ0v) is 17.4. The lowest BCUT2D eigenvalue weighted by molar-refractivity contribution is 0.153. The van der Waals surface area contributed by atoms with Crippen LogP contribution in [0.4, 0.5) is 5.82 Å². The highest BCUT2D eigenvalue weighted by Gasteiger charge is 2.20. The minimum absolute atomic E-state index is 0.109. The van der Waals surface area contributed by atoms with Gasteiger partial charge in [0.25, 0.3) is 0 Å². The van der Waals surface area contributed by atoms with Crippen LogP contribution in [0.5, 0.6) is 5.75 Å². The molecule has 29 heavy (non-hydrogen) atoms. The van der Waals surface area contributed by atoms with Crippen molar-refractivity contribution in [1.82, 2.24) is 9.88 Å². The molecule has 2 aromatic rings. The number of benzene rings is 1. The lowest BCUT2D eigenvalue weighted by atomic mass is 10.0. The van der Waals surface area contributed by atoms with Gasteiger partial charge in [0, 0.05) is 32.4 Å². The fourth-order valence-corrected chi connectivity index (χ4v) is 4.27. The molecule has 8 nitrogen and oxygen atoms in total. The molecule has 0 radical (unpaired) electrons. The molecule has 1 aromatic carbocycles. The first kappa shape index (κ1) is 21.5. The summed E-state index contributed by atoms with van der Waals surface area (Å²) in [5.41, 5.74) is 0.523. The molecular formula is C20H28N4O4S. The summed E-state index contributed by atoms with van der Waals surface area (Å²) < 4.78 is 28.5. The quantitative estimate of drug-likeness (QED) is 0.664. The topological polar surface area (TPSA) is 109 Å². The van der Waals surface area contributed by atoms with E-state index < -0.39 is 16.1 Å². The third-order valence-corrected chi connectivity index (χ3v) is 6.11. The van der Waals surface area contributed by atoms with Crippen molar-refractivity contribution in [1.29, 1.82) is 0 Å². The number of methoxy groups -OCH3 is 1. The molecule has 1 aromatic heterocycles. The molecule has 1 atom stereocenters. The van der Waals surface area contributed by atoms with E-state index in [9.17, 15) is 13.5 Å². The highest BCUT2D eigenvalue weighted by atomic mass is 32.2. The number of pyridine rings is 1. The maximum atomic E-state index is 11.7. The van der Waals surface area contributed by atoms with Gasteiger partial charge < -0.3 is 14.7 Å². The summed E-state index contributed by atoms with van der Waals surface area (Å²) in [5, 5.41) is 15.7. The van der Waals surface area contributed by atoms with E-state index in [0.29, 0.717) is 12.0 Å². The lowest BCUT2D eigenvalue weighted by Crippen LogP contribution is -2.46. The summed E-state index contributed by atoms with van der Waals surface area (Å²) in [6.45, 7) is 4.63. The number of primary sulfonamides is 1. The molecule has 1 saturated heterocycles. The van der Waals surface area contributed by atoms with Crippen LogP contribution in [0.1, 0.15) is 24.5 Å². The summed E-state index contributed by atoms with van der Waals surface area (Å²) >= 11 is 0. The Hall–Kier alpha value is -2.20. The molecule has 2 heterocycles. The van der Waals surface area contributed by atoms with E-state index in [2.05, 4.69) is 14.8 Å².